The van der Waals surface area contributed by atoms with Crippen molar-refractivity contribution in [3.05, 3.63) is 34.9 Å². The first kappa shape index (κ1) is 15.5. The van der Waals surface area contributed by atoms with Gasteiger partial charge in [0.1, 0.15) is 0 Å². The highest BCUT2D eigenvalue weighted by Crippen LogP contribution is 2.19. The standard InChI is InChI=1S/C18H30N2/c1-15-9-10-17(13-16(15)2)18(19-3)14-20-11-7-5-4-6-8-12-20/h9-10,13,18-19H,4-8,11-12,14H2,1-3H3. The highest BCUT2D eigenvalue weighted by atomic mass is 15.1. The van der Waals surface area contributed by atoms with Gasteiger partial charge < -0.3 is 10.2 Å². The Bertz CT molecular complexity index is 406. The van der Waals surface area contributed by atoms with Gasteiger partial charge in [-0.25, -0.2) is 0 Å². The first-order valence-electron chi connectivity index (χ1n) is 8.17. The Hall–Kier alpha value is -0.860. The first-order valence-corrected chi connectivity index (χ1v) is 8.17. The van der Waals surface area contributed by atoms with Gasteiger partial charge in [0.15, 0.2) is 0 Å². The van der Waals surface area contributed by atoms with Crippen molar-refractivity contribution in [2.75, 3.05) is 26.7 Å². The second-order valence-electron chi connectivity index (χ2n) is 6.25. The average molecular weight is 274 g/mol. The summed E-state index contributed by atoms with van der Waals surface area (Å²) in [5.41, 5.74) is 4.21. The summed E-state index contributed by atoms with van der Waals surface area (Å²) in [5.74, 6) is 0. The van der Waals surface area contributed by atoms with Gasteiger partial charge in [-0.2, -0.15) is 0 Å². The predicted molar refractivity (Wildman–Crippen MR) is 87.2 cm³/mol. The van der Waals surface area contributed by atoms with Gasteiger partial charge in [-0.1, -0.05) is 37.5 Å². The van der Waals surface area contributed by atoms with E-state index in [1.54, 1.807) is 0 Å². The molecule has 1 unspecified atom stereocenters. The Balaban J connectivity index is 2.01. The largest absolute Gasteiger partial charge is 0.312 e. The van der Waals surface area contributed by atoms with Crippen LogP contribution in [-0.2, 0) is 0 Å². The number of hydrogen-bond donors (Lipinski definition) is 1. The molecule has 1 aromatic carbocycles. The third kappa shape index (κ3) is 4.32. The fourth-order valence-corrected chi connectivity index (χ4v) is 3.10. The summed E-state index contributed by atoms with van der Waals surface area (Å²) in [5, 5.41) is 3.51. The maximum Gasteiger partial charge on any atom is 0.0446 e. The van der Waals surface area contributed by atoms with Crippen molar-refractivity contribution >= 4 is 0 Å². The Morgan fingerprint density at radius 2 is 1.65 bits per heavy atom. The van der Waals surface area contributed by atoms with Crippen LogP contribution in [0, 0.1) is 13.8 Å². The van der Waals surface area contributed by atoms with Gasteiger partial charge in [-0.05, 0) is 63.5 Å². The van der Waals surface area contributed by atoms with E-state index in [9.17, 15) is 0 Å². The molecule has 0 bridgehead atoms. The monoisotopic (exact) mass is 274 g/mol. The fraction of sp³-hybridized carbons (Fsp3) is 0.667. The van der Waals surface area contributed by atoms with Gasteiger partial charge in [0.25, 0.3) is 0 Å². The lowest BCUT2D eigenvalue weighted by atomic mass is 10.00. The molecule has 2 rings (SSSR count). The fourth-order valence-electron chi connectivity index (χ4n) is 3.10. The summed E-state index contributed by atoms with van der Waals surface area (Å²) >= 11 is 0. The molecule has 2 nitrogen and oxygen atoms in total. The van der Waals surface area contributed by atoms with Gasteiger partial charge in [-0.15, -0.1) is 0 Å². The molecule has 1 aromatic rings. The van der Waals surface area contributed by atoms with E-state index in [0.717, 1.165) is 6.54 Å². The second kappa shape index (κ2) is 7.80. The van der Waals surface area contributed by atoms with Crippen LogP contribution < -0.4 is 5.32 Å². The highest BCUT2D eigenvalue weighted by Gasteiger charge is 2.15. The Morgan fingerprint density at radius 3 is 2.25 bits per heavy atom. The molecule has 1 N–H and O–H groups in total. The molecular weight excluding hydrogens is 244 g/mol. The molecule has 112 valence electrons. The molecule has 1 aliphatic rings. The van der Waals surface area contributed by atoms with Crippen LogP contribution in [0.2, 0.25) is 0 Å². The summed E-state index contributed by atoms with van der Waals surface area (Å²) in [7, 11) is 2.09. The number of hydrogen-bond acceptors (Lipinski definition) is 2. The number of nitrogens with one attached hydrogen (secondary N) is 1. The molecule has 0 radical (unpaired) electrons. The number of benzene rings is 1. The molecule has 1 heterocycles. The summed E-state index contributed by atoms with van der Waals surface area (Å²) in [4.78, 5) is 2.65. The second-order valence-corrected chi connectivity index (χ2v) is 6.25. The minimum absolute atomic E-state index is 0.453. The Labute approximate surface area is 124 Å². The predicted octanol–water partition coefficient (Wildman–Crippen LogP) is 3.83. The number of nitrogens with zero attached hydrogens (tertiary/aromatic N) is 1. The molecule has 2 heteroatoms. The molecule has 1 atom stereocenters. The lowest BCUT2D eigenvalue weighted by molar-refractivity contribution is 0.225. The molecule has 0 spiro atoms. The topological polar surface area (TPSA) is 15.3 Å². The summed E-state index contributed by atoms with van der Waals surface area (Å²) in [6, 6.07) is 7.34. The van der Waals surface area contributed by atoms with Gasteiger partial charge in [0, 0.05) is 12.6 Å². The molecule has 1 saturated heterocycles. The molecule has 1 aliphatic heterocycles. The van der Waals surface area contributed by atoms with E-state index in [-0.39, 0.29) is 0 Å². The van der Waals surface area contributed by atoms with E-state index < -0.39 is 0 Å². The molecule has 20 heavy (non-hydrogen) atoms. The average Bonchev–Trinajstić information content (AvgIpc) is 2.41. The number of likely N-dealkylation sites (tertiary alicyclic amines) is 1. The van der Waals surface area contributed by atoms with Gasteiger partial charge in [-0.3, -0.25) is 0 Å². The van der Waals surface area contributed by atoms with Gasteiger partial charge in [0.2, 0.25) is 0 Å². The van der Waals surface area contributed by atoms with Gasteiger partial charge in [0.05, 0.1) is 0 Å². The van der Waals surface area contributed by atoms with Crippen molar-refractivity contribution in [1.82, 2.24) is 10.2 Å². The Morgan fingerprint density at radius 1 is 1.00 bits per heavy atom. The van der Waals surface area contributed by atoms with E-state index in [2.05, 4.69) is 49.3 Å². The van der Waals surface area contributed by atoms with E-state index in [1.165, 1.54) is 61.9 Å². The quantitative estimate of drug-likeness (QED) is 0.897. The molecule has 0 aromatic heterocycles. The number of likely N-dealkylation sites (N-methyl/N-ethyl adjacent to an activating group) is 1. The van der Waals surface area contributed by atoms with Crippen molar-refractivity contribution in [3.63, 3.8) is 0 Å². The Kier molecular flexibility index (Phi) is 6.06. The normalized spacial score (nSPS) is 19.4. The molecule has 0 saturated carbocycles. The maximum atomic E-state index is 3.51. The van der Waals surface area contributed by atoms with Crippen molar-refractivity contribution in [2.45, 2.75) is 52.0 Å². The van der Waals surface area contributed by atoms with E-state index in [1.807, 2.05) is 0 Å². The molecule has 0 amide bonds. The zero-order valence-electron chi connectivity index (χ0n) is 13.4. The van der Waals surface area contributed by atoms with Crippen LogP contribution in [0.25, 0.3) is 0 Å². The van der Waals surface area contributed by atoms with Crippen LogP contribution in [0.1, 0.15) is 54.8 Å². The summed E-state index contributed by atoms with van der Waals surface area (Å²) in [6.07, 6.45) is 6.97. The first-order chi connectivity index (χ1) is 9.70. The van der Waals surface area contributed by atoms with Crippen LogP contribution in [0.15, 0.2) is 18.2 Å². The maximum absolute atomic E-state index is 3.51. The number of aryl methyl sites for hydroxylation is 2. The van der Waals surface area contributed by atoms with E-state index in [0.29, 0.717) is 6.04 Å². The van der Waals surface area contributed by atoms with E-state index >= 15 is 0 Å². The molecular formula is C18H30N2. The SMILES string of the molecule is CNC(CN1CCCCCCC1)c1ccc(C)c(C)c1. The summed E-state index contributed by atoms with van der Waals surface area (Å²) in [6.45, 7) is 8.07. The third-order valence-corrected chi connectivity index (χ3v) is 4.67. The summed E-state index contributed by atoms with van der Waals surface area (Å²) < 4.78 is 0. The molecule has 1 fully saturated rings. The van der Waals surface area contributed by atoms with Crippen molar-refractivity contribution in [3.8, 4) is 0 Å². The highest BCUT2D eigenvalue weighted by molar-refractivity contribution is 5.31. The van der Waals surface area contributed by atoms with Crippen LogP contribution in [0.5, 0.6) is 0 Å². The van der Waals surface area contributed by atoms with Crippen molar-refractivity contribution in [1.29, 1.82) is 0 Å². The van der Waals surface area contributed by atoms with Crippen LogP contribution in [0.3, 0.4) is 0 Å². The lowest BCUT2D eigenvalue weighted by Crippen LogP contribution is -2.35. The number of rotatable bonds is 4. The minimum atomic E-state index is 0.453. The van der Waals surface area contributed by atoms with Crippen LogP contribution in [0.4, 0.5) is 0 Å². The lowest BCUT2D eigenvalue weighted by Gasteiger charge is -2.29. The van der Waals surface area contributed by atoms with E-state index in [4.69, 9.17) is 0 Å². The zero-order valence-corrected chi connectivity index (χ0v) is 13.4. The van der Waals surface area contributed by atoms with Gasteiger partial charge >= 0.3 is 0 Å². The van der Waals surface area contributed by atoms with Crippen LogP contribution >= 0.6 is 0 Å². The zero-order chi connectivity index (χ0) is 14.4. The third-order valence-electron chi connectivity index (χ3n) is 4.67. The van der Waals surface area contributed by atoms with Crippen molar-refractivity contribution in [2.24, 2.45) is 0 Å². The van der Waals surface area contributed by atoms with Crippen LogP contribution in [-0.4, -0.2) is 31.6 Å². The van der Waals surface area contributed by atoms with Crippen molar-refractivity contribution < 1.29 is 0 Å². The minimum Gasteiger partial charge on any atom is -0.312 e. The smallest absolute Gasteiger partial charge is 0.0446 e. The molecule has 0 aliphatic carbocycles.